The predicted octanol–water partition coefficient (Wildman–Crippen LogP) is 2.01. The van der Waals surface area contributed by atoms with Gasteiger partial charge in [-0.15, -0.1) is 5.10 Å². The van der Waals surface area contributed by atoms with Crippen LogP contribution in [0.5, 0.6) is 0 Å². The highest BCUT2D eigenvalue weighted by Gasteiger charge is 2.17. The number of aryl methyl sites for hydroxylation is 1. The summed E-state index contributed by atoms with van der Waals surface area (Å²) in [7, 11) is 0. The van der Waals surface area contributed by atoms with Crippen molar-refractivity contribution >= 4 is 17.8 Å². The molecule has 7 nitrogen and oxygen atoms in total. The number of ether oxygens (including phenoxy) is 2. The second kappa shape index (κ2) is 6.34. The van der Waals surface area contributed by atoms with Crippen LogP contribution in [0.2, 0.25) is 0 Å². The van der Waals surface area contributed by atoms with E-state index >= 15 is 0 Å². The molecule has 2 aromatic heterocycles. The zero-order valence-corrected chi connectivity index (χ0v) is 12.6. The molecule has 0 fully saturated rings. The van der Waals surface area contributed by atoms with Crippen molar-refractivity contribution in [2.45, 2.75) is 27.7 Å². The lowest BCUT2D eigenvalue weighted by molar-refractivity contribution is 0.0525. The molecule has 0 aliphatic heterocycles. The van der Waals surface area contributed by atoms with Gasteiger partial charge < -0.3 is 9.47 Å². The fraction of sp³-hybridized carbons (Fsp3) is 0.429. The standard InChI is InChI=1S/C14H18N4O3/c1-5-20-9(3)7-12-11(13(19)21-6-2)8-15-14-16-10(4)17-18(12)14/h7-8H,5-6H2,1-4H3/b9-7+. The summed E-state index contributed by atoms with van der Waals surface area (Å²) in [6.07, 6.45) is 3.19. The second-order valence-corrected chi connectivity index (χ2v) is 4.34. The van der Waals surface area contributed by atoms with E-state index in [9.17, 15) is 4.79 Å². The quantitative estimate of drug-likeness (QED) is 0.619. The average molecular weight is 290 g/mol. The molecule has 2 rings (SSSR count). The van der Waals surface area contributed by atoms with Crippen LogP contribution in [0.25, 0.3) is 11.9 Å². The van der Waals surface area contributed by atoms with Crippen LogP contribution in [-0.4, -0.2) is 38.8 Å². The third kappa shape index (κ3) is 3.18. The molecule has 21 heavy (non-hydrogen) atoms. The van der Waals surface area contributed by atoms with Crippen molar-refractivity contribution < 1.29 is 14.3 Å². The molecule has 0 saturated carbocycles. The van der Waals surface area contributed by atoms with Crippen LogP contribution in [-0.2, 0) is 9.47 Å². The molecule has 7 heteroatoms. The molecule has 0 spiro atoms. The van der Waals surface area contributed by atoms with Crippen molar-refractivity contribution in [3.05, 3.63) is 29.0 Å². The Morgan fingerprint density at radius 2 is 2.05 bits per heavy atom. The van der Waals surface area contributed by atoms with Gasteiger partial charge in [-0.05, 0) is 27.7 Å². The van der Waals surface area contributed by atoms with Gasteiger partial charge in [-0.2, -0.15) is 9.50 Å². The van der Waals surface area contributed by atoms with Gasteiger partial charge in [-0.1, -0.05) is 0 Å². The molecular formula is C14H18N4O3. The van der Waals surface area contributed by atoms with E-state index in [2.05, 4.69) is 15.1 Å². The summed E-state index contributed by atoms with van der Waals surface area (Å²) in [5.74, 6) is 1.22. The maximum Gasteiger partial charge on any atom is 0.341 e. The van der Waals surface area contributed by atoms with Crippen LogP contribution >= 0.6 is 0 Å². The minimum absolute atomic E-state index is 0.293. The third-order valence-corrected chi connectivity index (χ3v) is 2.72. The Bertz CT molecular complexity index is 691. The van der Waals surface area contributed by atoms with E-state index in [1.165, 1.54) is 10.7 Å². The number of carbonyl (C=O) groups excluding carboxylic acids is 1. The summed E-state index contributed by atoms with van der Waals surface area (Å²) in [6.45, 7) is 8.06. The first-order chi connectivity index (χ1) is 10.1. The van der Waals surface area contributed by atoms with E-state index in [-0.39, 0.29) is 0 Å². The van der Waals surface area contributed by atoms with E-state index in [4.69, 9.17) is 9.47 Å². The van der Waals surface area contributed by atoms with Crippen LogP contribution in [0.4, 0.5) is 0 Å². The lowest BCUT2D eigenvalue weighted by Crippen LogP contribution is -2.11. The minimum atomic E-state index is -0.449. The molecule has 2 heterocycles. The van der Waals surface area contributed by atoms with Crippen LogP contribution in [0.3, 0.4) is 0 Å². The van der Waals surface area contributed by atoms with Crippen LogP contribution in [0.1, 0.15) is 42.6 Å². The number of nitrogens with zero attached hydrogens (tertiary/aromatic N) is 4. The van der Waals surface area contributed by atoms with Gasteiger partial charge in [0.05, 0.1) is 24.7 Å². The second-order valence-electron chi connectivity index (χ2n) is 4.34. The van der Waals surface area contributed by atoms with Gasteiger partial charge in [-0.25, -0.2) is 9.78 Å². The molecule has 0 aliphatic rings. The lowest BCUT2D eigenvalue weighted by Gasteiger charge is -2.08. The van der Waals surface area contributed by atoms with Crippen molar-refractivity contribution in [1.82, 2.24) is 19.6 Å². The Hall–Kier alpha value is -2.44. The third-order valence-electron chi connectivity index (χ3n) is 2.72. The zero-order chi connectivity index (χ0) is 15.4. The van der Waals surface area contributed by atoms with Gasteiger partial charge in [0.25, 0.3) is 5.78 Å². The van der Waals surface area contributed by atoms with E-state index in [0.717, 1.165) is 0 Å². The number of hydrogen-bond donors (Lipinski definition) is 0. The molecule has 0 bridgehead atoms. The van der Waals surface area contributed by atoms with Crippen LogP contribution < -0.4 is 0 Å². The first kappa shape index (κ1) is 15.0. The van der Waals surface area contributed by atoms with E-state index in [1.807, 2.05) is 13.8 Å². The summed E-state index contributed by atoms with van der Waals surface area (Å²) < 4.78 is 12.0. The fourth-order valence-corrected chi connectivity index (χ4v) is 1.92. The maximum absolute atomic E-state index is 12.1. The monoisotopic (exact) mass is 290 g/mol. The fourth-order valence-electron chi connectivity index (χ4n) is 1.92. The summed E-state index contributed by atoms with van der Waals surface area (Å²) >= 11 is 0. The van der Waals surface area contributed by atoms with Crippen LogP contribution in [0.15, 0.2) is 12.0 Å². The molecule has 0 radical (unpaired) electrons. The number of esters is 1. The van der Waals surface area contributed by atoms with Crippen LogP contribution in [0, 0.1) is 6.92 Å². The van der Waals surface area contributed by atoms with Gasteiger partial charge >= 0.3 is 5.97 Å². The topological polar surface area (TPSA) is 78.6 Å². The molecule has 0 atom stereocenters. The van der Waals surface area contributed by atoms with E-state index in [0.29, 0.717) is 41.8 Å². The number of hydrogen-bond acceptors (Lipinski definition) is 6. The Labute approximate surface area is 122 Å². The molecule has 112 valence electrons. The Morgan fingerprint density at radius 1 is 1.33 bits per heavy atom. The van der Waals surface area contributed by atoms with Gasteiger partial charge in [-0.3, -0.25) is 0 Å². The van der Waals surface area contributed by atoms with Crippen molar-refractivity contribution in [3.63, 3.8) is 0 Å². The molecule has 0 amide bonds. The molecule has 2 aromatic rings. The van der Waals surface area contributed by atoms with Crippen molar-refractivity contribution in [3.8, 4) is 0 Å². The first-order valence-electron chi connectivity index (χ1n) is 6.77. The summed E-state index contributed by atoms with van der Waals surface area (Å²) in [6, 6.07) is 0. The highest BCUT2D eigenvalue weighted by Crippen LogP contribution is 2.15. The molecule has 0 aliphatic carbocycles. The van der Waals surface area contributed by atoms with Crippen molar-refractivity contribution in [1.29, 1.82) is 0 Å². The predicted molar refractivity (Wildman–Crippen MR) is 76.8 cm³/mol. The maximum atomic E-state index is 12.1. The number of aromatic nitrogens is 4. The summed E-state index contributed by atoms with van der Waals surface area (Å²) in [5, 5.41) is 4.26. The molecule has 0 aromatic carbocycles. The number of carbonyl (C=O) groups is 1. The Balaban J connectivity index is 2.62. The first-order valence-corrected chi connectivity index (χ1v) is 6.77. The number of rotatable bonds is 5. The molecular weight excluding hydrogens is 272 g/mol. The highest BCUT2D eigenvalue weighted by molar-refractivity contribution is 5.93. The normalized spacial score (nSPS) is 11.7. The van der Waals surface area contributed by atoms with Gasteiger partial charge in [0.1, 0.15) is 11.4 Å². The SMILES string of the molecule is CCOC(=O)c1cnc2nc(C)nn2c1/C=C(\C)OCC. The Morgan fingerprint density at radius 3 is 2.71 bits per heavy atom. The van der Waals surface area contributed by atoms with Crippen molar-refractivity contribution in [2.24, 2.45) is 0 Å². The highest BCUT2D eigenvalue weighted by atomic mass is 16.5. The van der Waals surface area contributed by atoms with E-state index < -0.39 is 5.97 Å². The lowest BCUT2D eigenvalue weighted by atomic mass is 10.2. The summed E-state index contributed by atoms with van der Waals surface area (Å²) in [5.41, 5.74) is 0.873. The smallest absolute Gasteiger partial charge is 0.341 e. The zero-order valence-electron chi connectivity index (χ0n) is 12.6. The largest absolute Gasteiger partial charge is 0.498 e. The molecule has 0 saturated heterocycles. The van der Waals surface area contributed by atoms with Gasteiger partial charge in [0, 0.05) is 12.3 Å². The van der Waals surface area contributed by atoms with Gasteiger partial charge in [0.2, 0.25) is 0 Å². The number of allylic oxidation sites excluding steroid dienone is 1. The molecule has 0 N–H and O–H groups in total. The van der Waals surface area contributed by atoms with Gasteiger partial charge in [0.15, 0.2) is 0 Å². The number of fused-ring (bicyclic) bond motifs is 1. The Kier molecular flexibility index (Phi) is 4.52. The summed E-state index contributed by atoms with van der Waals surface area (Å²) in [4.78, 5) is 20.4. The van der Waals surface area contributed by atoms with Crippen molar-refractivity contribution in [2.75, 3.05) is 13.2 Å². The van der Waals surface area contributed by atoms with E-state index in [1.54, 1.807) is 19.9 Å². The average Bonchev–Trinajstić information content (AvgIpc) is 2.80. The minimum Gasteiger partial charge on any atom is -0.498 e. The molecule has 0 unspecified atom stereocenters.